The number of H-pyrrole nitrogens is 1. The summed E-state index contributed by atoms with van der Waals surface area (Å²) in [4.78, 5) is 38.0. The Morgan fingerprint density at radius 3 is 2.44 bits per heavy atom. The molecule has 0 unspecified atom stereocenters. The fourth-order valence-corrected chi connectivity index (χ4v) is 2.04. The molecule has 0 saturated heterocycles. The Labute approximate surface area is 145 Å². The predicted octanol–water partition coefficient (Wildman–Crippen LogP) is 2.80. The quantitative estimate of drug-likeness (QED) is 0.594. The zero-order valence-electron chi connectivity index (χ0n) is 14.3. The molecule has 7 heteroatoms. The number of aromatic nitrogens is 1. The monoisotopic (exact) mass is 344 g/mol. The standard InChI is InChI=1S/C18H20N2O5/c1-4-24-15-7-5-14(6-8-15)20-17(22)12(3)25-18(23)16-9-13(10-19-16)11(2)21/h5-10,12,19H,4H2,1-3H3,(H,20,22)/t12-/m0/s1. The highest BCUT2D eigenvalue weighted by Gasteiger charge is 2.20. The molecule has 2 aromatic rings. The summed E-state index contributed by atoms with van der Waals surface area (Å²) in [5, 5.41) is 2.66. The van der Waals surface area contributed by atoms with Gasteiger partial charge in [0.1, 0.15) is 11.4 Å². The number of carbonyl (C=O) groups is 3. The number of amides is 1. The second kappa shape index (κ2) is 8.14. The molecule has 0 saturated carbocycles. The summed E-state index contributed by atoms with van der Waals surface area (Å²) in [5.74, 6) is -0.637. The third-order valence-corrected chi connectivity index (χ3v) is 3.40. The lowest BCUT2D eigenvalue weighted by atomic mass is 10.2. The highest BCUT2D eigenvalue weighted by atomic mass is 16.5. The highest BCUT2D eigenvalue weighted by molar-refractivity contribution is 5.99. The van der Waals surface area contributed by atoms with Crippen LogP contribution in [-0.4, -0.2) is 35.4 Å². The van der Waals surface area contributed by atoms with Gasteiger partial charge in [-0.1, -0.05) is 0 Å². The average Bonchev–Trinajstić information content (AvgIpc) is 3.07. The molecule has 1 aromatic carbocycles. The molecule has 132 valence electrons. The minimum atomic E-state index is -0.997. The van der Waals surface area contributed by atoms with Gasteiger partial charge in [0.2, 0.25) is 0 Å². The molecule has 1 aromatic heterocycles. The summed E-state index contributed by atoms with van der Waals surface area (Å²) in [6.07, 6.45) is 0.423. The van der Waals surface area contributed by atoms with Crippen molar-refractivity contribution in [1.82, 2.24) is 4.98 Å². The first-order valence-electron chi connectivity index (χ1n) is 7.84. The van der Waals surface area contributed by atoms with E-state index in [2.05, 4.69) is 10.3 Å². The number of benzene rings is 1. The van der Waals surface area contributed by atoms with E-state index in [1.165, 1.54) is 26.1 Å². The van der Waals surface area contributed by atoms with E-state index in [1.54, 1.807) is 24.3 Å². The second-order valence-electron chi connectivity index (χ2n) is 5.35. The summed E-state index contributed by atoms with van der Waals surface area (Å²) in [7, 11) is 0. The highest BCUT2D eigenvalue weighted by Crippen LogP contribution is 2.16. The van der Waals surface area contributed by atoms with Crippen LogP contribution < -0.4 is 10.1 Å². The fraction of sp³-hybridized carbons (Fsp3) is 0.278. The summed E-state index contributed by atoms with van der Waals surface area (Å²) in [6.45, 7) is 5.31. The van der Waals surface area contributed by atoms with Gasteiger partial charge in [-0.25, -0.2) is 4.79 Å². The number of ketones is 1. The molecule has 7 nitrogen and oxygen atoms in total. The zero-order valence-corrected chi connectivity index (χ0v) is 14.3. The topological polar surface area (TPSA) is 97.5 Å². The lowest BCUT2D eigenvalue weighted by Gasteiger charge is -2.13. The minimum absolute atomic E-state index is 0.117. The number of ether oxygens (including phenoxy) is 2. The summed E-state index contributed by atoms with van der Waals surface area (Å²) in [5.41, 5.74) is 1.06. The van der Waals surface area contributed by atoms with Gasteiger partial charge in [0, 0.05) is 17.4 Å². The van der Waals surface area contributed by atoms with Gasteiger partial charge >= 0.3 is 5.97 Å². The van der Waals surface area contributed by atoms with Crippen LogP contribution >= 0.6 is 0 Å². The van der Waals surface area contributed by atoms with Crippen LogP contribution in [0.5, 0.6) is 5.75 Å². The number of hydrogen-bond donors (Lipinski definition) is 2. The van der Waals surface area contributed by atoms with Gasteiger partial charge in [-0.15, -0.1) is 0 Å². The van der Waals surface area contributed by atoms with E-state index in [4.69, 9.17) is 9.47 Å². The predicted molar refractivity (Wildman–Crippen MR) is 91.9 cm³/mol. The third-order valence-electron chi connectivity index (χ3n) is 3.40. The minimum Gasteiger partial charge on any atom is -0.494 e. The molecule has 0 spiro atoms. The van der Waals surface area contributed by atoms with Crippen molar-refractivity contribution in [3.05, 3.63) is 47.8 Å². The van der Waals surface area contributed by atoms with Crippen LogP contribution in [0.2, 0.25) is 0 Å². The van der Waals surface area contributed by atoms with E-state index in [-0.39, 0.29) is 11.5 Å². The van der Waals surface area contributed by atoms with Crippen LogP contribution in [0.4, 0.5) is 5.69 Å². The Hall–Kier alpha value is -3.09. The molecule has 1 heterocycles. The number of rotatable bonds is 7. The first-order valence-corrected chi connectivity index (χ1v) is 7.84. The SMILES string of the molecule is CCOc1ccc(NC(=O)[C@H](C)OC(=O)c2cc(C(C)=O)c[nH]2)cc1. The number of nitrogens with one attached hydrogen (secondary N) is 2. The van der Waals surface area contributed by atoms with Gasteiger partial charge < -0.3 is 19.8 Å². The van der Waals surface area contributed by atoms with Gasteiger partial charge in [0.05, 0.1) is 6.61 Å². The maximum atomic E-state index is 12.1. The maximum Gasteiger partial charge on any atom is 0.355 e. The van der Waals surface area contributed by atoms with Crippen LogP contribution in [0.25, 0.3) is 0 Å². The number of carbonyl (C=O) groups excluding carboxylic acids is 3. The Kier molecular flexibility index (Phi) is 5.94. The average molecular weight is 344 g/mol. The van der Waals surface area contributed by atoms with Gasteiger partial charge in [0.15, 0.2) is 11.9 Å². The van der Waals surface area contributed by atoms with Gasteiger partial charge in [0.25, 0.3) is 5.91 Å². The van der Waals surface area contributed by atoms with E-state index in [0.29, 0.717) is 23.6 Å². The van der Waals surface area contributed by atoms with Crippen LogP contribution in [0.15, 0.2) is 36.5 Å². The molecule has 0 radical (unpaired) electrons. The van der Waals surface area contributed by atoms with Gasteiger partial charge in [-0.05, 0) is 51.1 Å². The smallest absolute Gasteiger partial charge is 0.355 e. The molecule has 1 atom stereocenters. The fourth-order valence-electron chi connectivity index (χ4n) is 2.04. The number of hydrogen-bond acceptors (Lipinski definition) is 5. The lowest BCUT2D eigenvalue weighted by Crippen LogP contribution is -2.30. The van der Waals surface area contributed by atoms with Crippen LogP contribution in [0.1, 0.15) is 41.6 Å². The van der Waals surface area contributed by atoms with Crippen molar-refractivity contribution < 1.29 is 23.9 Å². The Morgan fingerprint density at radius 1 is 1.20 bits per heavy atom. The lowest BCUT2D eigenvalue weighted by molar-refractivity contribution is -0.123. The third kappa shape index (κ3) is 4.94. The molecule has 1 amide bonds. The Balaban J connectivity index is 1.92. The first-order chi connectivity index (χ1) is 11.9. The Morgan fingerprint density at radius 2 is 1.88 bits per heavy atom. The first kappa shape index (κ1) is 18.3. The second-order valence-corrected chi connectivity index (χ2v) is 5.35. The molecule has 0 aliphatic carbocycles. The number of esters is 1. The van der Waals surface area contributed by atoms with Crippen molar-refractivity contribution in [2.75, 3.05) is 11.9 Å². The van der Waals surface area contributed by atoms with Crippen molar-refractivity contribution in [3.8, 4) is 5.75 Å². The molecule has 0 aliphatic heterocycles. The van der Waals surface area contributed by atoms with Crippen molar-refractivity contribution in [1.29, 1.82) is 0 Å². The largest absolute Gasteiger partial charge is 0.494 e. The number of Topliss-reactive ketones (excluding diaryl/α,β-unsaturated/α-hetero) is 1. The van der Waals surface area contributed by atoms with Crippen molar-refractivity contribution in [3.63, 3.8) is 0 Å². The molecular weight excluding hydrogens is 324 g/mol. The summed E-state index contributed by atoms with van der Waals surface area (Å²) in [6, 6.07) is 8.25. The summed E-state index contributed by atoms with van der Waals surface area (Å²) >= 11 is 0. The van der Waals surface area contributed by atoms with Crippen molar-refractivity contribution in [2.24, 2.45) is 0 Å². The number of anilines is 1. The van der Waals surface area contributed by atoms with Crippen molar-refractivity contribution in [2.45, 2.75) is 26.9 Å². The molecule has 2 rings (SSSR count). The van der Waals surface area contributed by atoms with Gasteiger partial charge in [-0.3, -0.25) is 9.59 Å². The molecule has 2 N–H and O–H groups in total. The van der Waals surface area contributed by atoms with E-state index in [9.17, 15) is 14.4 Å². The van der Waals surface area contributed by atoms with Crippen LogP contribution in [-0.2, 0) is 9.53 Å². The Bertz CT molecular complexity index is 764. The van der Waals surface area contributed by atoms with E-state index < -0.39 is 18.0 Å². The number of aromatic amines is 1. The van der Waals surface area contributed by atoms with E-state index in [0.717, 1.165) is 0 Å². The molecular formula is C18H20N2O5. The normalized spacial score (nSPS) is 11.5. The maximum absolute atomic E-state index is 12.1. The molecule has 0 aliphatic rings. The van der Waals surface area contributed by atoms with Gasteiger partial charge in [-0.2, -0.15) is 0 Å². The molecule has 0 fully saturated rings. The molecule has 25 heavy (non-hydrogen) atoms. The van der Waals surface area contributed by atoms with Crippen molar-refractivity contribution >= 4 is 23.3 Å². The summed E-state index contributed by atoms with van der Waals surface area (Å²) < 4.78 is 10.4. The van der Waals surface area contributed by atoms with Crippen LogP contribution in [0.3, 0.4) is 0 Å². The van der Waals surface area contributed by atoms with Crippen LogP contribution in [0, 0.1) is 0 Å². The van der Waals surface area contributed by atoms with E-state index in [1.807, 2.05) is 6.92 Å². The van der Waals surface area contributed by atoms with E-state index >= 15 is 0 Å². The zero-order chi connectivity index (χ0) is 18.4. The molecule has 0 bridgehead atoms.